The number of hydrogen-bond acceptors (Lipinski definition) is 4. The maximum atomic E-state index is 5.84. The van der Waals surface area contributed by atoms with Crippen LogP contribution < -0.4 is 0 Å². The number of hydrogen-bond donors (Lipinski definition) is 0. The quantitative estimate of drug-likeness (QED) is 0.754. The van der Waals surface area contributed by atoms with Gasteiger partial charge in [-0.25, -0.2) is 0 Å². The highest BCUT2D eigenvalue weighted by molar-refractivity contribution is 5.14. The number of likely N-dealkylation sites (tertiary alicyclic amines) is 1. The number of aryl methyl sites for hydroxylation is 1. The van der Waals surface area contributed by atoms with Gasteiger partial charge >= 0.3 is 0 Å². The molecule has 0 aromatic carbocycles. The zero-order chi connectivity index (χ0) is 15.2. The van der Waals surface area contributed by atoms with Crippen molar-refractivity contribution < 1.29 is 9.47 Å². The Hall–Kier alpha value is -0.970. The van der Waals surface area contributed by atoms with Crippen molar-refractivity contribution in [1.82, 2.24) is 9.88 Å². The van der Waals surface area contributed by atoms with Gasteiger partial charge in [0.2, 0.25) is 0 Å². The minimum atomic E-state index is 0.0431. The molecule has 2 fully saturated rings. The first-order chi connectivity index (χ1) is 10.8. The van der Waals surface area contributed by atoms with E-state index in [1.807, 2.05) is 0 Å². The summed E-state index contributed by atoms with van der Waals surface area (Å²) in [4.78, 5) is 7.28. The minimum Gasteiger partial charge on any atom is -0.353 e. The van der Waals surface area contributed by atoms with Gasteiger partial charge in [0.05, 0.1) is 18.3 Å². The number of ether oxygens (including phenoxy) is 2. The minimum absolute atomic E-state index is 0.0431. The van der Waals surface area contributed by atoms with Crippen molar-refractivity contribution in [3.05, 3.63) is 29.6 Å². The zero-order valence-electron chi connectivity index (χ0n) is 13.7. The molecule has 0 N–H and O–H groups in total. The first-order valence-electron chi connectivity index (χ1n) is 8.74. The third-order valence-electron chi connectivity index (χ3n) is 4.65. The lowest BCUT2D eigenvalue weighted by atomic mass is 10.1. The Labute approximate surface area is 133 Å². The van der Waals surface area contributed by atoms with E-state index in [0.29, 0.717) is 6.04 Å². The summed E-state index contributed by atoms with van der Waals surface area (Å²) < 4.78 is 11.4. The van der Waals surface area contributed by atoms with Crippen LogP contribution in [0.25, 0.3) is 0 Å². The summed E-state index contributed by atoms with van der Waals surface area (Å²) in [5.74, 6) is 0. The van der Waals surface area contributed by atoms with Crippen LogP contribution in [0, 0.1) is 6.92 Å². The molecule has 4 heteroatoms. The van der Waals surface area contributed by atoms with E-state index < -0.39 is 0 Å². The molecule has 3 heterocycles. The fourth-order valence-corrected chi connectivity index (χ4v) is 3.50. The third kappa shape index (κ3) is 4.28. The first-order valence-corrected chi connectivity index (χ1v) is 8.74. The zero-order valence-corrected chi connectivity index (χ0v) is 13.7. The Morgan fingerprint density at radius 1 is 1.27 bits per heavy atom. The van der Waals surface area contributed by atoms with Gasteiger partial charge < -0.3 is 9.47 Å². The molecule has 0 saturated carbocycles. The van der Waals surface area contributed by atoms with Crippen molar-refractivity contribution in [2.75, 3.05) is 26.3 Å². The van der Waals surface area contributed by atoms with Crippen molar-refractivity contribution in [1.29, 1.82) is 0 Å². The summed E-state index contributed by atoms with van der Waals surface area (Å²) in [6.07, 6.45) is 7.08. The molecule has 0 bridgehead atoms. The molecule has 0 aliphatic carbocycles. The topological polar surface area (TPSA) is 34.6 Å². The molecule has 2 atom stereocenters. The summed E-state index contributed by atoms with van der Waals surface area (Å²) in [5.41, 5.74) is 2.34. The summed E-state index contributed by atoms with van der Waals surface area (Å²) in [6, 6.07) is 6.85. The van der Waals surface area contributed by atoms with Crippen molar-refractivity contribution in [2.45, 2.75) is 57.8 Å². The van der Waals surface area contributed by atoms with Crippen LogP contribution in [0.5, 0.6) is 0 Å². The van der Waals surface area contributed by atoms with Crippen LogP contribution in [-0.4, -0.2) is 42.5 Å². The van der Waals surface area contributed by atoms with E-state index in [-0.39, 0.29) is 6.29 Å². The molecule has 0 amide bonds. The van der Waals surface area contributed by atoms with Crippen LogP contribution in [0.2, 0.25) is 0 Å². The molecule has 4 nitrogen and oxygen atoms in total. The Balaban J connectivity index is 1.43. The van der Waals surface area contributed by atoms with E-state index in [4.69, 9.17) is 14.5 Å². The van der Waals surface area contributed by atoms with E-state index >= 15 is 0 Å². The van der Waals surface area contributed by atoms with Gasteiger partial charge in [0.15, 0.2) is 6.29 Å². The van der Waals surface area contributed by atoms with E-state index in [0.717, 1.165) is 38.3 Å². The highest BCUT2D eigenvalue weighted by atomic mass is 16.7. The first kappa shape index (κ1) is 15.9. The van der Waals surface area contributed by atoms with Gasteiger partial charge in [0, 0.05) is 18.8 Å². The molecule has 3 rings (SSSR count). The smallest absolute Gasteiger partial charge is 0.157 e. The Morgan fingerprint density at radius 3 is 3.05 bits per heavy atom. The van der Waals surface area contributed by atoms with Gasteiger partial charge in [-0.05, 0) is 64.1 Å². The summed E-state index contributed by atoms with van der Waals surface area (Å²) in [7, 11) is 0. The largest absolute Gasteiger partial charge is 0.353 e. The van der Waals surface area contributed by atoms with Crippen LogP contribution in [-0.2, 0) is 9.47 Å². The number of nitrogens with zero attached hydrogens (tertiary/aromatic N) is 2. The number of aromatic nitrogens is 1. The second-order valence-electron chi connectivity index (χ2n) is 6.42. The molecular weight excluding hydrogens is 276 g/mol. The molecule has 22 heavy (non-hydrogen) atoms. The van der Waals surface area contributed by atoms with Gasteiger partial charge in [0.1, 0.15) is 0 Å². The maximum Gasteiger partial charge on any atom is 0.157 e. The van der Waals surface area contributed by atoms with Crippen molar-refractivity contribution >= 4 is 0 Å². The number of rotatable bonds is 6. The molecular formula is C18H28N2O2. The highest BCUT2D eigenvalue weighted by Crippen LogP contribution is 2.30. The summed E-state index contributed by atoms with van der Waals surface area (Å²) in [5, 5.41) is 0. The molecule has 0 spiro atoms. The molecule has 1 aromatic rings. The van der Waals surface area contributed by atoms with Gasteiger partial charge in [-0.2, -0.15) is 0 Å². The predicted octanol–water partition coefficient (Wildman–Crippen LogP) is 3.46. The SMILES string of the molecule is Cc1cccc([C@@H]2CCCN2CCCO[C@@H]2CCCCO2)n1. The van der Waals surface area contributed by atoms with Gasteiger partial charge in [-0.3, -0.25) is 9.88 Å². The molecule has 2 aliphatic rings. The van der Waals surface area contributed by atoms with E-state index in [2.05, 4.69) is 30.0 Å². The van der Waals surface area contributed by atoms with Crippen LogP contribution >= 0.6 is 0 Å². The van der Waals surface area contributed by atoms with Gasteiger partial charge in [0.25, 0.3) is 0 Å². The van der Waals surface area contributed by atoms with Gasteiger partial charge in [-0.15, -0.1) is 0 Å². The van der Waals surface area contributed by atoms with Crippen LogP contribution in [0.4, 0.5) is 0 Å². The number of pyridine rings is 1. The molecule has 1 aromatic heterocycles. The molecule has 122 valence electrons. The van der Waals surface area contributed by atoms with Crippen LogP contribution in [0.1, 0.15) is 56.0 Å². The summed E-state index contributed by atoms with van der Waals surface area (Å²) >= 11 is 0. The lowest BCUT2D eigenvalue weighted by molar-refractivity contribution is -0.163. The van der Waals surface area contributed by atoms with Crippen LogP contribution in [0.15, 0.2) is 18.2 Å². The lowest BCUT2D eigenvalue weighted by Crippen LogP contribution is -2.27. The maximum absolute atomic E-state index is 5.84. The molecule has 2 aliphatic heterocycles. The normalized spacial score (nSPS) is 26.4. The van der Waals surface area contributed by atoms with Crippen molar-refractivity contribution in [3.8, 4) is 0 Å². The summed E-state index contributed by atoms with van der Waals surface area (Å²) in [6.45, 7) is 6.00. The monoisotopic (exact) mass is 304 g/mol. The fourth-order valence-electron chi connectivity index (χ4n) is 3.50. The average molecular weight is 304 g/mol. The standard InChI is InChI=1S/C18H28N2O2/c1-15-7-4-8-16(19-15)17-9-5-11-20(17)12-6-14-22-18-10-2-3-13-21-18/h4,7-8,17-18H,2-3,5-6,9-14H2,1H3/t17-,18+/m0/s1. The Morgan fingerprint density at radius 2 is 2.23 bits per heavy atom. The van der Waals surface area contributed by atoms with Crippen molar-refractivity contribution in [2.24, 2.45) is 0 Å². The molecule has 0 unspecified atom stereocenters. The second-order valence-corrected chi connectivity index (χ2v) is 6.42. The van der Waals surface area contributed by atoms with Crippen LogP contribution in [0.3, 0.4) is 0 Å². The Bertz CT molecular complexity index is 460. The molecule has 0 radical (unpaired) electrons. The highest BCUT2D eigenvalue weighted by Gasteiger charge is 2.26. The van der Waals surface area contributed by atoms with E-state index in [9.17, 15) is 0 Å². The predicted molar refractivity (Wildman–Crippen MR) is 86.7 cm³/mol. The van der Waals surface area contributed by atoms with Gasteiger partial charge in [-0.1, -0.05) is 6.07 Å². The van der Waals surface area contributed by atoms with E-state index in [1.54, 1.807) is 0 Å². The lowest BCUT2D eigenvalue weighted by Gasteiger charge is -2.26. The van der Waals surface area contributed by atoms with E-state index in [1.165, 1.54) is 37.9 Å². The third-order valence-corrected chi connectivity index (χ3v) is 4.65. The second kappa shape index (κ2) is 8.04. The van der Waals surface area contributed by atoms with Crippen molar-refractivity contribution in [3.63, 3.8) is 0 Å². The Kier molecular flexibility index (Phi) is 5.82. The fraction of sp³-hybridized carbons (Fsp3) is 0.722. The molecule has 2 saturated heterocycles. The average Bonchev–Trinajstić information content (AvgIpc) is 3.01.